The topological polar surface area (TPSA) is 98.0 Å². The quantitative estimate of drug-likeness (QED) is 0.847. The third kappa shape index (κ3) is 3.99. The van der Waals surface area contributed by atoms with Crippen LogP contribution in [0.3, 0.4) is 0 Å². The first-order valence-electron chi connectivity index (χ1n) is 6.17. The van der Waals surface area contributed by atoms with Crippen molar-refractivity contribution in [1.82, 2.24) is 9.36 Å². The summed E-state index contributed by atoms with van der Waals surface area (Å²) >= 11 is 1.33. The highest BCUT2D eigenvalue weighted by Gasteiger charge is 2.07. The molecule has 1 heterocycles. The third-order valence-electron chi connectivity index (χ3n) is 2.64. The second-order valence-corrected chi connectivity index (χ2v) is 6.62. The molecule has 0 aliphatic heterocycles. The lowest BCUT2D eigenvalue weighted by molar-refractivity contribution is 0.598. The number of hydrogen-bond donors (Lipinski definition) is 2. The molecule has 0 bridgehead atoms. The standard InChI is InChI=1S/C12H16N4O2S2/c1-2-3-11-15-12(19-16-11)14-8-9-4-6-10(7-5-9)20(13,17)18/h4-7H,2-3,8H2,1H3,(H2,13,17,18)(H,14,15,16). The Balaban J connectivity index is 1.96. The lowest BCUT2D eigenvalue weighted by atomic mass is 10.2. The fourth-order valence-electron chi connectivity index (χ4n) is 1.63. The molecule has 0 unspecified atom stereocenters. The van der Waals surface area contributed by atoms with Gasteiger partial charge in [-0.1, -0.05) is 19.1 Å². The van der Waals surface area contributed by atoms with E-state index in [0.717, 1.165) is 29.4 Å². The largest absolute Gasteiger partial charge is 0.356 e. The fourth-order valence-corrected chi connectivity index (χ4v) is 2.75. The fraction of sp³-hybridized carbons (Fsp3) is 0.333. The summed E-state index contributed by atoms with van der Waals surface area (Å²) in [5.41, 5.74) is 0.949. The van der Waals surface area contributed by atoms with Gasteiger partial charge in [-0.05, 0) is 24.1 Å². The molecule has 0 saturated carbocycles. The van der Waals surface area contributed by atoms with E-state index in [1.165, 1.54) is 23.7 Å². The molecule has 2 rings (SSSR count). The normalized spacial score (nSPS) is 11.5. The van der Waals surface area contributed by atoms with E-state index in [0.29, 0.717) is 6.54 Å². The molecule has 20 heavy (non-hydrogen) atoms. The summed E-state index contributed by atoms with van der Waals surface area (Å²) in [5.74, 6) is 0.851. The first-order valence-corrected chi connectivity index (χ1v) is 8.49. The molecule has 108 valence electrons. The minimum Gasteiger partial charge on any atom is -0.356 e. The molecule has 8 heteroatoms. The number of aryl methyl sites for hydroxylation is 1. The van der Waals surface area contributed by atoms with Crippen LogP contribution in [-0.2, 0) is 23.0 Å². The molecule has 0 aliphatic rings. The average Bonchev–Trinajstić information content (AvgIpc) is 2.84. The summed E-state index contributed by atoms with van der Waals surface area (Å²) in [7, 11) is -3.63. The SMILES string of the molecule is CCCc1nsc(NCc2ccc(S(N)(=O)=O)cc2)n1. The van der Waals surface area contributed by atoms with Crippen LogP contribution in [0.15, 0.2) is 29.2 Å². The Labute approximate surface area is 122 Å². The Kier molecular flexibility index (Phi) is 4.69. The van der Waals surface area contributed by atoms with Gasteiger partial charge in [-0.2, -0.15) is 4.37 Å². The molecule has 0 amide bonds. The third-order valence-corrected chi connectivity index (χ3v) is 4.28. The molecule has 0 spiro atoms. The number of rotatable bonds is 6. The maximum Gasteiger partial charge on any atom is 0.238 e. The molecule has 0 saturated heterocycles. The van der Waals surface area contributed by atoms with Crippen molar-refractivity contribution in [2.45, 2.75) is 31.2 Å². The number of primary sulfonamides is 1. The minimum absolute atomic E-state index is 0.113. The molecule has 0 aliphatic carbocycles. The van der Waals surface area contributed by atoms with Crippen molar-refractivity contribution in [3.63, 3.8) is 0 Å². The Hall–Kier alpha value is -1.51. The summed E-state index contributed by atoms with van der Waals surface area (Å²) < 4.78 is 26.5. The first kappa shape index (κ1) is 14.9. The van der Waals surface area contributed by atoms with Gasteiger partial charge in [0.05, 0.1) is 4.90 Å². The summed E-state index contributed by atoms with van der Waals surface area (Å²) in [6.45, 7) is 2.65. The molecule has 2 aromatic rings. The Bertz CT molecular complexity index is 665. The summed E-state index contributed by atoms with van der Waals surface area (Å²) in [6.07, 6.45) is 1.90. The molecular weight excluding hydrogens is 296 g/mol. The number of nitrogens with zero attached hydrogens (tertiary/aromatic N) is 2. The minimum atomic E-state index is -3.63. The number of sulfonamides is 1. The van der Waals surface area contributed by atoms with Crippen LogP contribution in [0, 0.1) is 0 Å². The van der Waals surface area contributed by atoms with Gasteiger partial charge in [0.2, 0.25) is 15.2 Å². The molecule has 0 radical (unpaired) electrons. The zero-order valence-electron chi connectivity index (χ0n) is 11.0. The number of benzene rings is 1. The van der Waals surface area contributed by atoms with Gasteiger partial charge in [-0.25, -0.2) is 18.5 Å². The monoisotopic (exact) mass is 312 g/mol. The van der Waals surface area contributed by atoms with Crippen LogP contribution in [0.1, 0.15) is 24.7 Å². The van der Waals surface area contributed by atoms with Gasteiger partial charge < -0.3 is 5.32 Å². The number of aromatic nitrogens is 2. The van der Waals surface area contributed by atoms with Crippen molar-refractivity contribution >= 4 is 26.7 Å². The maximum absolute atomic E-state index is 11.1. The van der Waals surface area contributed by atoms with E-state index in [2.05, 4.69) is 21.6 Å². The molecule has 6 nitrogen and oxygen atoms in total. The van der Waals surface area contributed by atoms with Crippen molar-refractivity contribution < 1.29 is 8.42 Å². The lowest BCUT2D eigenvalue weighted by Gasteiger charge is -2.03. The first-order chi connectivity index (χ1) is 9.49. The molecule has 1 aromatic heterocycles. The highest BCUT2D eigenvalue weighted by atomic mass is 32.2. The molecule has 0 fully saturated rings. The van der Waals surface area contributed by atoms with Crippen molar-refractivity contribution in [1.29, 1.82) is 0 Å². The van der Waals surface area contributed by atoms with Gasteiger partial charge in [0.25, 0.3) is 0 Å². The highest BCUT2D eigenvalue weighted by Crippen LogP contribution is 2.14. The van der Waals surface area contributed by atoms with Crippen LogP contribution in [0.2, 0.25) is 0 Å². The van der Waals surface area contributed by atoms with E-state index in [1.807, 2.05) is 0 Å². The Morgan fingerprint density at radius 1 is 1.30 bits per heavy atom. The second-order valence-electron chi connectivity index (χ2n) is 4.31. The summed E-state index contributed by atoms with van der Waals surface area (Å²) in [6, 6.07) is 6.44. The van der Waals surface area contributed by atoms with E-state index >= 15 is 0 Å². The Morgan fingerprint density at radius 2 is 2.00 bits per heavy atom. The number of anilines is 1. The van der Waals surface area contributed by atoms with Crippen LogP contribution >= 0.6 is 11.5 Å². The van der Waals surface area contributed by atoms with Crippen LogP contribution in [0.4, 0.5) is 5.13 Å². The number of nitrogens with two attached hydrogens (primary N) is 1. The predicted molar refractivity (Wildman–Crippen MR) is 79.0 cm³/mol. The molecule has 3 N–H and O–H groups in total. The van der Waals surface area contributed by atoms with E-state index < -0.39 is 10.0 Å². The van der Waals surface area contributed by atoms with Crippen LogP contribution in [-0.4, -0.2) is 17.8 Å². The molecular formula is C12H16N4O2S2. The summed E-state index contributed by atoms with van der Waals surface area (Å²) in [5, 5.41) is 8.97. The van der Waals surface area contributed by atoms with E-state index in [4.69, 9.17) is 5.14 Å². The van der Waals surface area contributed by atoms with Crippen LogP contribution in [0.5, 0.6) is 0 Å². The van der Waals surface area contributed by atoms with Gasteiger partial charge in [0.1, 0.15) is 5.82 Å². The van der Waals surface area contributed by atoms with Gasteiger partial charge in [-0.3, -0.25) is 0 Å². The number of hydrogen-bond acceptors (Lipinski definition) is 6. The highest BCUT2D eigenvalue weighted by molar-refractivity contribution is 7.89. The predicted octanol–water partition coefficient (Wildman–Crippen LogP) is 1.75. The van der Waals surface area contributed by atoms with Crippen LogP contribution in [0.25, 0.3) is 0 Å². The lowest BCUT2D eigenvalue weighted by Crippen LogP contribution is -2.12. The van der Waals surface area contributed by atoms with Crippen molar-refractivity contribution in [2.24, 2.45) is 5.14 Å². The molecule has 1 aromatic carbocycles. The van der Waals surface area contributed by atoms with E-state index in [1.54, 1.807) is 12.1 Å². The summed E-state index contributed by atoms with van der Waals surface area (Å²) in [4.78, 5) is 4.47. The molecule has 0 atom stereocenters. The van der Waals surface area contributed by atoms with Crippen molar-refractivity contribution in [3.8, 4) is 0 Å². The van der Waals surface area contributed by atoms with Crippen molar-refractivity contribution in [2.75, 3.05) is 5.32 Å². The zero-order chi connectivity index (χ0) is 14.6. The van der Waals surface area contributed by atoms with Gasteiger partial charge >= 0.3 is 0 Å². The smallest absolute Gasteiger partial charge is 0.238 e. The Morgan fingerprint density at radius 3 is 2.60 bits per heavy atom. The van der Waals surface area contributed by atoms with Gasteiger partial charge in [0, 0.05) is 24.5 Å². The zero-order valence-corrected chi connectivity index (χ0v) is 12.7. The van der Waals surface area contributed by atoms with E-state index in [-0.39, 0.29) is 4.90 Å². The maximum atomic E-state index is 11.1. The number of nitrogens with one attached hydrogen (secondary N) is 1. The average molecular weight is 312 g/mol. The van der Waals surface area contributed by atoms with Crippen LogP contribution < -0.4 is 10.5 Å². The van der Waals surface area contributed by atoms with Crippen molar-refractivity contribution in [3.05, 3.63) is 35.7 Å². The second kappa shape index (κ2) is 6.29. The van der Waals surface area contributed by atoms with Gasteiger partial charge in [-0.15, -0.1) is 0 Å². The van der Waals surface area contributed by atoms with Gasteiger partial charge in [0.15, 0.2) is 0 Å². The van der Waals surface area contributed by atoms with E-state index in [9.17, 15) is 8.42 Å².